The van der Waals surface area contributed by atoms with E-state index in [0.717, 1.165) is 25.7 Å². The number of benzene rings is 1. The average molecular weight is 202 g/mol. The van der Waals surface area contributed by atoms with E-state index in [-0.39, 0.29) is 0 Å². The lowest BCUT2D eigenvalue weighted by Crippen LogP contribution is -2.02. The van der Waals surface area contributed by atoms with Gasteiger partial charge in [0.05, 0.1) is 0 Å². The molecule has 0 spiro atoms. The van der Waals surface area contributed by atoms with Crippen LogP contribution in [0.2, 0.25) is 0 Å². The van der Waals surface area contributed by atoms with Gasteiger partial charge in [-0.25, -0.2) is 0 Å². The van der Waals surface area contributed by atoms with Crippen LogP contribution in [0.3, 0.4) is 0 Å². The lowest BCUT2D eigenvalue weighted by molar-refractivity contribution is -0.117. The van der Waals surface area contributed by atoms with Crippen LogP contribution in [0.4, 0.5) is 0 Å². The second kappa shape index (κ2) is 4.18. The zero-order valence-corrected chi connectivity index (χ0v) is 9.55. The molecule has 1 aliphatic rings. The van der Waals surface area contributed by atoms with Crippen molar-refractivity contribution in [3.05, 3.63) is 34.9 Å². The van der Waals surface area contributed by atoms with E-state index in [1.54, 1.807) is 0 Å². The van der Waals surface area contributed by atoms with Crippen LogP contribution in [0.1, 0.15) is 36.0 Å². The number of aryl methyl sites for hydroxylation is 2. The van der Waals surface area contributed by atoms with Gasteiger partial charge in [-0.05, 0) is 43.7 Å². The van der Waals surface area contributed by atoms with Gasteiger partial charge in [-0.3, -0.25) is 4.79 Å². The van der Waals surface area contributed by atoms with Crippen LogP contribution in [0.15, 0.2) is 18.2 Å². The minimum Gasteiger partial charge on any atom is -0.300 e. The van der Waals surface area contributed by atoms with Crippen LogP contribution >= 0.6 is 0 Å². The highest BCUT2D eigenvalue weighted by Crippen LogP contribution is 2.27. The van der Waals surface area contributed by atoms with Crippen molar-refractivity contribution < 1.29 is 4.79 Å². The van der Waals surface area contributed by atoms with Gasteiger partial charge in [0.15, 0.2) is 0 Å². The topological polar surface area (TPSA) is 17.1 Å². The Balaban J connectivity index is 2.10. The van der Waals surface area contributed by atoms with E-state index in [1.807, 2.05) is 0 Å². The number of Topliss-reactive ketones (excluding diaryl/α,β-unsaturated/α-hetero) is 1. The molecule has 0 bridgehead atoms. The first-order chi connectivity index (χ1) is 7.15. The van der Waals surface area contributed by atoms with Crippen LogP contribution < -0.4 is 0 Å². The van der Waals surface area contributed by atoms with Crippen molar-refractivity contribution in [1.82, 2.24) is 0 Å². The summed E-state index contributed by atoms with van der Waals surface area (Å²) in [5.41, 5.74) is 4.11. The Bertz CT molecular complexity index is 379. The summed E-state index contributed by atoms with van der Waals surface area (Å²) in [7, 11) is 0. The van der Waals surface area contributed by atoms with E-state index in [1.165, 1.54) is 16.7 Å². The molecule has 1 aliphatic carbocycles. The molecule has 1 atom stereocenters. The zero-order valence-electron chi connectivity index (χ0n) is 9.55. The maximum absolute atomic E-state index is 11.2. The van der Waals surface area contributed by atoms with E-state index in [2.05, 4.69) is 32.0 Å². The number of ketones is 1. The summed E-state index contributed by atoms with van der Waals surface area (Å²) in [6.45, 7) is 4.29. The predicted octanol–water partition coefficient (Wildman–Crippen LogP) is 3.22. The lowest BCUT2D eigenvalue weighted by atomic mass is 9.94. The van der Waals surface area contributed by atoms with E-state index in [4.69, 9.17) is 0 Å². The summed E-state index contributed by atoms with van der Waals surface area (Å²) in [6.07, 6.45) is 3.77. The Kier molecular flexibility index (Phi) is 2.90. The summed E-state index contributed by atoms with van der Waals surface area (Å²) in [5.74, 6) is 1.04. The van der Waals surface area contributed by atoms with Crippen LogP contribution in [-0.2, 0) is 11.2 Å². The molecule has 80 valence electrons. The molecule has 0 radical (unpaired) electrons. The molecule has 1 nitrogen and oxygen atoms in total. The van der Waals surface area contributed by atoms with Crippen molar-refractivity contribution in [2.45, 2.75) is 39.5 Å². The van der Waals surface area contributed by atoms with Gasteiger partial charge in [0.2, 0.25) is 0 Å². The minimum atomic E-state index is 0.449. The number of hydrogen-bond acceptors (Lipinski definition) is 1. The number of hydrogen-bond donors (Lipinski definition) is 0. The van der Waals surface area contributed by atoms with Gasteiger partial charge in [0, 0.05) is 12.8 Å². The maximum Gasteiger partial charge on any atom is 0.133 e. The number of carbonyl (C=O) groups is 1. The third-order valence-corrected chi connectivity index (χ3v) is 3.36. The van der Waals surface area contributed by atoms with Gasteiger partial charge in [-0.2, -0.15) is 0 Å². The Morgan fingerprint density at radius 1 is 1.33 bits per heavy atom. The first-order valence-electron chi connectivity index (χ1n) is 5.73. The smallest absolute Gasteiger partial charge is 0.133 e. The van der Waals surface area contributed by atoms with Gasteiger partial charge in [0.25, 0.3) is 0 Å². The fourth-order valence-corrected chi connectivity index (χ4v) is 2.40. The largest absolute Gasteiger partial charge is 0.300 e. The Hall–Kier alpha value is -1.11. The Morgan fingerprint density at radius 2 is 2.13 bits per heavy atom. The molecule has 1 heteroatoms. The monoisotopic (exact) mass is 202 g/mol. The van der Waals surface area contributed by atoms with Gasteiger partial charge in [-0.15, -0.1) is 0 Å². The Labute approximate surface area is 91.5 Å². The minimum absolute atomic E-state index is 0.449. The van der Waals surface area contributed by atoms with E-state index in [9.17, 15) is 4.79 Å². The van der Waals surface area contributed by atoms with Crippen LogP contribution in [0.25, 0.3) is 0 Å². The van der Waals surface area contributed by atoms with Crippen molar-refractivity contribution in [2.75, 3.05) is 0 Å². The molecule has 1 fully saturated rings. The summed E-state index contributed by atoms with van der Waals surface area (Å²) in [5, 5.41) is 0. The molecule has 1 aromatic carbocycles. The standard InChI is InChI=1S/C14H18O/c1-10-3-4-11(2)13(7-10)8-12-5-6-14(15)9-12/h3-4,7,12H,5-6,8-9H2,1-2H3. The van der Waals surface area contributed by atoms with E-state index < -0.39 is 0 Å². The molecular formula is C14H18O. The first kappa shape index (κ1) is 10.4. The Morgan fingerprint density at radius 3 is 2.80 bits per heavy atom. The highest BCUT2D eigenvalue weighted by atomic mass is 16.1. The second-order valence-corrected chi connectivity index (χ2v) is 4.78. The highest BCUT2D eigenvalue weighted by Gasteiger charge is 2.22. The normalized spacial score (nSPS) is 20.9. The first-order valence-corrected chi connectivity index (χ1v) is 5.73. The fraction of sp³-hybridized carbons (Fsp3) is 0.500. The van der Waals surface area contributed by atoms with Crippen LogP contribution in [0, 0.1) is 19.8 Å². The van der Waals surface area contributed by atoms with E-state index in [0.29, 0.717) is 11.7 Å². The van der Waals surface area contributed by atoms with Crippen molar-refractivity contribution >= 4 is 5.78 Å². The van der Waals surface area contributed by atoms with Crippen molar-refractivity contribution in [3.63, 3.8) is 0 Å². The average Bonchev–Trinajstić information content (AvgIpc) is 2.58. The molecule has 1 unspecified atom stereocenters. The molecule has 0 aliphatic heterocycles. The lowest BCUT2D eigenvalue weighted by Gasteiger charge is -2.11. The SMILES string of the molecule is Cc1ccc(C)c(CC2CCC(=O)C2)c1. The molecule has 1 aromatic rings. The zero-order chi connectivity index (χ0) is 10.8. The maximum atomic E-state index is 11.2. The van der Waals surface area contributed by atoms with Gasteiger partial charge in [0.1, 0.15) is 5.78 Å². The van der Waals surface area contributed by atoms with Crippen molar-refractivity contribution in [2.24, 2.45) is 5.92 Å². The summed E-state index contributed by atoms with van der Waals surface area (Å²) in [4.78, 5) is 11.2. The van der Waals surface area contributed by atoms with Gasteiger partial charge < -0.3 is 0 Å². The van der Waals surface area contributed by atoms with Crippen LogP contribution in [0.5, 0.6) is 0 Å². The summed E-state index contributed by atoms with van der Waals surface area (Å²) >= 11 is 0. The second-order valence-electron chi connectivity index (χ2n) is 4.78. The van der Waals surface area contributed by atoms with Gasteiger partial charge >= 0.3 is 0 Å². The third kappa shape index (κ3) is 2.47. The third-order valence-electron chi connectivity index (χ3n) is 3.36. The molecule has 0 heterocycles. The molecule has 15 heavy (non-hydrogen) atoms. The summed E-state index contributed by atoms with van der Waals surface area (Å²) < 4.78 is 0. The van der Waals surface area contributed by atoms with Crippen LogP contribution in [-0.4, -0.2) is 5.78 Å². The molecule has 1 saturated carbocycles. The fourth-order valence-electron chi connectivity index (χ4n) is 2.40. The van der Waals surface area contributed by atoms with E-state index >= 15 is 0 Å². The molecule has 0 saturated heterocycles. The summed E-state index contributed by atoms with van der Waals surface area (Å²) in [6, 6.07) is 6.60. The van der Waals surface area contributed by atoms with Crippen molar-refractivity contribution in [3.8, 4) is 0 Å². The predicted molar refractivity (Wildman–Crippen MR) is 62.0 cm³/mol. The highest BCUT2D eigenvalue weighted by molar-refractivity contribution is 5.80. The molecule has 0 aromatic heterocycles. The number of rotatable bonds is 2. The molecular weight excluding hydrogens is 184 g/mol. The van der Waals surface area contributed by atoms with Crippen molar-refractivity contribution in [1.29, 1.82) is 0 Å². The molecule has 0 N–H and O–H groups in total. The number of carbonyl (C=O) groups excluding carboxylic acids is 1. The molecule has 0 amide bonds. The van der Waals surface area contributed by atoms with Gasteiger partial charge in [-0.1, -0.05) is 23.8 Å². The molecule has 2 rings (SSSR count). The quantitative estimate of drug-likeness (QED) is 0.719.